The van der Waals surface area contributed by atoms with Gasteiger partial charge in [-0.2, -0.15) is 0 Å². The predicted octanol–water partition coefficient (Wildman–Crippen LogP) is 2.82. The first kappa shape index (κ1) is 12.3. The van der Waals surface area contributed by atoms with Crippen molar-refractivity contribution in [3.8, 4) is 0 Å². The van der Waals surface area contributed by atoms with Gasteiger partial charge in [0.05, 0.1) is 10.5 Å². The molecule has 1 aliphatic rings. The van der Waals surface area contributed by atoms with E-state index >= 15 is 0 Å². The summed E-state index contributed by atoms with van der Waals surface area (Å²) < 4.78 is 5.41. The molecular weight excluding hydrogens is 232 g/mol. The van der Waals surface area contributed by atoms with E-state index in [2.05, 4.69) is 4.99 Å². The average Bonchev–Trinajstić information content (AvgIpc) is 2.67. The summed E-state index contributed by atoms with van der Waals surface area (Å²) in [6.07, 6.45) is 3.60. The molecule has 0 amide bonds. The third kappa shape index (κ3) is 2.94. The molecule has 0 saturated heterocycles. The Labute approximate surface area is 105 Å². The molecule has 94 valence electrons. The van der Waals surface area contributed by atoms with Crippen molar-refractivity contribution in [2.75, 3.05) is 6.61 Å². The van der Waals surface area contributed by atoms with Gasteiger partial charge in [0.2, 0.25) is 5.90 Å². The molecule has 5 heteroatoms. The van der Waals surface area contributed by atoms with Gasteiger partial charge < -0.3 is 4.74 Å². The minimum absolute atomic E-state index is 0.0859. The van der Waals surface area contributed by atoms with Crippen molar-refractivity contribution in [1.82, 2.24) is 0 Å². The number of ether oxygens (including phenoxy) is 1. The fourth-order valence-corrected chi connectivity index (χ4v) is 1.57. The van der Waals surface area contributed by atoms with Gasteiger partial charge in [-0.3, -0.25) is 10.1 Å². The fraction of sp³-hybridized carbons (Fsp3) is 0.308. The second-order valence-corrected chi connectivity index (χ2v) is 4.73. The number of hydrogen-bond donors (Lipinski definition) is 0. The quantitative estimate of drug-likeness (QED) is 0.608. The first-order valence-electron chi connectivity index (χ1n) is 5.61. The van der Waals surface area contributed by atoms with Crippen molar-refractivity contribution in [2.45, 2.75) is 19.4 Å². The van der Waals surface area contributed by atoms with Crippen molar-refractivity contribution in [2.24, 2.45) is 4.99 Å². The molecule has 1 aliphatic heterocycles. The third-order valence-electron chi connectivity index (χ3n) is 2.51. The van der Waals surface area contributed by atoms with Crippen LogP contribution in [0.2, 0.25) is 0 Å². The molecule has 0 N–H and O–H groups in total. The summed E-state index contributed by atoms with van der Waals surface area (Å²) in [5.41, 5.74) is 0.786. The van der Waals surface area contributed by atoms with Crippen molar-refractivity contribution in [3.63, 3.8) is 0 Å². The smallest absolute Gasteiger partial charge is 0.269 e. The average molecular weight is 246 g/mol. The Kier molecular flexibility index (Phi) is 3.14. The van der Waals surface area contributed by atoms with Crippen LogP contribution < -0.4 is 0 Å². The summed E-state index contributed by atoms with van der Waals surface area (Å²) in [4.78, 5) is 14.5. The van der Waals surface area contributed by atoms with Crippen LogP contribution in [0.1, 0.15) is 19.4 Å². The molecule has 0 spiro atoms. The maximum Gasteiger partial charge on any atom is 0.269 e. The lowest BCUT2D eigenvalue weighted by Crippen LogP contribution is -2.17. The molecule has 5 nitrogen and oxygen atoms in total. The highest BCUT2D eigenvalue weighted by molar-refractivity contribution is 5.93. The molecule has 0 fully saturated rings. The van der Waals surface area contributed by atoms with Gasteiger partial charge in [-0.15, -0.1) is 0 Å². The van der Waals surface area contributed by atoms with E-state index in [4.69, 9.17) is 4.74 Å². The molecule has 0 aliphatic carbocycles. The van der Waals surface area contributed by atoms with Gasteiger partial charge in [0, 0.05) is 18.2 Å². The Morgan fingerprint density at radius 3 is 2.50 bits per heavy atom. The number of non-ortho nitro benzene ring substituents is 1. The Balaban J connectivity index is 2.08. The largest absolute Gasteiger partial charge is 0.475 e. The van der Waals surface area contributed by atoms with Gasteiger partial charge in [0.1, 0.15) is 6.61 Å². The van der Waals surface area contributed by atoms with Crippen molar-refractivity contribution >= 4 is 17.7 Å². The summed E-state index contributed by atoms with van der Waals surface area (Å²) in [5.74, 6) is 0.596. The molecule has 0 atom stereocenters. The molecule has 1 heterocycles. The zero-order chi connectivity index (χ0) is 13.2. The van der Waals surface area contributed by atoms with Crippen LogP contribution in [0.3, 0.4) is 0 Å². The normalized spacial score (nSPS) is 17.6. The summed E-state index contributed by atoms with van der Waals surface area (Å²) in [6.45, 7) is 4.58. The molecule has 0 aromatic heterocycles. The molecule has 2 rings (SSSR count). The van der Waals surface area contributed by atoms with Gasteiger partial charge in [-0.25, -0.2) is 4.99 Å². The van der Waals surface area contributed by atoms with Gasteiger partial charge in [-0.05, 0) is 37.6 Å². The van der Waals surface area contributed by atoms with E-state index in [-0.39, 0.29) is 11.2 Å². The lowest BCUT2D eigenvalue weighted by Gasteiger charge is -2.07. The summed E-state index contributed by atoms with van der Waals surface area (Å²) in [7, 11) is 0. The zero-order valence-electron chi connectivity index (χ0n) is 10.3. The lowest BCUT2D eigenvalue weighted by molar-refractivity contribution is -0.384. The Bertz CT molecular complexity index is 516. The third-order valence-corrected chi connectivity index (χ3v) is 2.51. The number of aliphatic imine (C=N–C) groups is 1. The SMILES string of the molecule is CC1(C)COC(C=Cc2ccc([N+](=O)[O-])cc2)=N1. The minimum atomic E-state index is -0.416. The van der Waals surface area contributed by atoms with Crippen LogP contribution in [-0.4, -0.2) is 23.0 Å². The van der Waals surface area contributed by atoms with Crippen LogP contribution in [0.4, 0.5) is 5.69 Å². The maximum absolute atomic E-state index is 10.5. The van der Waals surface area contributed by atoms with E-state index in [0.717, 1.165) is 5.56 Å². The highest BCUT2D eigenvalue weighted by Gasteiger charge is 2.24. The zero-order valence-corrected chi connectivity index (χ0v) is 10.3. The molecule has 18 heavy (non-hydrogen) atoms. The van der Waals surface area contributed by atoms with Crippen LogP contribution >= 0.6 is 0 Å². The summed E-state index contributed by atoms with van der Waals surface area (Å²) >= 11 is 0. The number of benzene rings is 1. The monoisotopic (exact) mass is 246 g/mol. The van der Waals surface area contributed by atoms with E-state index in [9.17, 15) is 10.1 Å². The molecule has 0 unspecified atom stereocenters. The van der Waals surface area contributed by atoms with Crippen LogP contribution in [0.25, 0.3) is 6.08 Å². The highest BCUT2D eigenvalue weighted by atomic mass is 16.6. The molecule has 1 aromatic rings. The summed E-state index contributed by atoms with van der Waals surface area (Å²) in [5, 5.41) is 10.5. The second kappa shape index (κ2) is 4.60. The van der Waals surface area contributed by atoms with Crippen LogP contribution in [-0.2, 0) is 4.74 Å². The Morgan fingerprint density at radius 1 is 1.33 bits per heavy atom. The molecular formula is C13H14N2O3. The van der Waals surface area contributed by atoms with Crippen LogP contribution in [0.15, 0.2) is 35.3 Å². The Hall–Kier alpha value is -2.17. The van der Waals surface area contributed by atoms with E-state index < -0.39 is 4.92 Å². The van der Waals surface area contributed by atoms with E-state index in [1.54, 1.807) is 18.2 Å². The van der Waals surface area contributed by atoms with E-state index in [1.807, 2.05) is 19.9 Å². The van der Waals surface area contributed by atoms with Gasteiger partial charge >= 0.3 is 0 Å². The molecule has 0 radical (unpaired) electrons. The number of hydrogen-bond acceptors (Lipinski definition) is 4. The number of rotatable bonds is 3. The Morgan fingerprint density at radius 2 is 2.00 bits per heavy atom. The summed E-state index contributed by atoms with van der Waals surface area (Å²) in [6, 6.07) is 6.33. The number of nitro benzene ring substituents is 1. The standard InChI is InChI=1S/C13H14N2O3/c1-13(2)9-18-12(14-13)8-5-10-3-6-11(7-4-10)15(16)17/h3-8H,9H2,1-2H3. The molecule has 0 saturated carbocycles. The van der Waals surface area contributed by atoms with Gasteiger partial charge in [-0.1, -0.05) is 0 Å². The first-order valence-corrected chi connectivity index (χ1v) is 5.61. The maximum atomic E-state index is 10.5. The van der Waals surface area contributed by atoms with Crippen LogP contribution in [0, 0.1) is 10.1 Å². The van der Waals surface area contributed by atoms with Crippen molar-refractivity contribution in [1.29, 1.82) is 0 Å². The number of nitro groups is 1. The number of nitrogens with zero attached hydrogens (tertiary/aromatic N) is 2. The van der Waals surface area contributed by atoms with Crippen molar-refractivity contribution < 1.29 is 9.66 Å². The van der Waals surface area contributed by atoms with E-state index in [0.29, 0.717) is 12.5 Å². The first-order chi connectivity index (χ1) is 8.46. The van der Waals surface area contributed by atoms with E-state index in [1.165, 1.54) is 12.1 Å². The predicted molar refractivity (Wildman–Crippen MR) is 69.6 cm³/mol. The fourth-order valence-electron chi connectivity index (χ4n) is 1.57. The van der Waals surface area contributed by atoms with Gasteiger partial charge in [0.25, 0.3) is 5.69 Å². The minimum Gasteiger partial charge on any atom is -0.475 e. The van der Waals surface area contributed by atoms with Gasteiger partial charge in [0.15, 0.2) is 0 Å². The lowest BCUT2D eigenvalue weighted by atomic mass is 10.1. The highest BCUT2D eigenvalue weighted by Crippen LogP contribution is 2.18. The second-order valence-electron chi connectivity index (χ2n) is 4.73. The topological polar surface area (TPSA) is 64.7 Å². The molecule has 0 bridgehead atoms. The molecule has 1 aromatic carbocycles. The van der Waals surface area contributed by atoms with Crippen LogP contribution in [0.5, 0.6) is 0 Å². The van der Waals surface area contributed by atoms with Crippen molar-refractivity contribution in [3.05, 3.63) is 46.0 Å².